The predicted molar refractivity (Wildman–Crippen MR) is 124 cm³/mol. The fourth-order valence-electron chi connectivity index (χ4n) is 6.28. The molecule has 4 aliphatic carbocycles. The molecule has 1 saturated heterocycles. The number of non-ortho nitro benzene ring substituents is 1. The summed E-state index contributed by atoms with van der Waals surface area (Å²) in [4.78, 5) is 53.8. The summed E-state index contributed by atoms with van der Waals surface area (Å²) in [7, 11) is 1.48. The van der Waals surface area contributed by atoms with Crippen LogP contribution in [-0.4, -0.2) is 41.3 Å². The smallest absolute Gasteiger partial charge is 0.269 e. The molecule has 3 fully saturated rings. The Morgan fingerprint density at radius 2 is 1.63 bits per heavy atom. The Morgan fingerprint density at radius 3 is 2.20 bits per heavy atom. The summed E-state index contributed by atoms with van der Waals surface area (Å²) in [5, 5.41) is 11.0. The van der Waals surface area contributed by atoms with Crippen LogP contribution in [0.25, 0.3) is 0 Å². The minimum Gasteiger partial charge on any atom is -0.495 e. The number of para-hydroxylation sites is 2. The molecule has 9 nitrogen and oxygen atoms in total. The van der Waals surface area contributed by atoms with E-state index in [1.54, 1.807) is 24.3 Å². The van der Waals surface area contributed by atoms with E-state index in [2.05, 4.69) is 12.2 Å². The fourth-order valence-corrected chi connectivity index (χ4v) is 6.28. The first kappa shape index (κ1) is 21.5. The van der Waals surface area contributed by atoms with Gasteiger partial charge in [0.2, 0.25) is 11.8 Å². The summed E-state index contributed by atoms with van der Waals surface area (Å²) in [6, 6.07) is 12.1. The summed E-state index contributed by atoms with van der Waals surface area (Å²) < 4.78 is 5.46. The third-order valence-corrected chi connectivity index (χ3v) is 7.98. The molecule has 3 amide bonds. The SMILES string of the molecule is COc1ccccc1N(CN1C(=O)C2C3C=CC(C4CC34)C2C1=O)C(=O)c1ccc([N+](=O)[O-])cc1. The molecule has 2 saturated carbocycles. The zero-order valence-corrected chi connectivity index (χ0v) is 18.9. The van der Waals surface area contributed by atoms with Crippen LogP contribution >= 0.6 is 0 Å². The number of hydrogen-bond acceptors (Lipinski definition) is 6. The molecule has 1 aliphatic heterocycles. The first-order valence-corrected chi connectivity index (χ1v) is 11.6. The minimum atomic E-state index is -0.539. The van der Waals surface area contributed by atoms with Crippen molar-refractivity contribution in [3.63, 3.8) is 0 Å². The van der Waals surface area contributed by atoms with Crippen LogP contribution in [0.15, 0.2) is 60.7 Å². The Bertz CT molecular complexity index is 1250. The molecular weight excluding hydrogens is 450 g/mol. The van der Waals surface area contributed by atoms with E-state index in [0.717, 1.165) is 6.42 Å². The van der Waals surface area contributed by atoms with Gasteiger partial charge in [-0.1, -0.05) is 24.3 Å². The maximum atomic E-state index is 13.6. The number of carbonyl (C=O) groups excluding carboxylic acids is 3. The van der Waals surface area contributed by atoms with Crippen molar-refractivity contribution < 1.29 is 24.0 Å². The van der Waals surface area contributed by atoms with Gasteiger partial charge >= 0.3 is 0 Å². The lowest BCUT2D eigenvalue weighted by Crippen LogP contribution is -2.45. The highest BCUT2D eigenvalue weighted by molar-refractivity contribution is 6.10. The second kappa shape index (κ2) is 7.76. The number of benzene rings is 2. The molecule has 6 unspecified atom stereocenters. The van der Waals surface area contributed by atoms with Gasteiger partial charge in [-0.05, 0) is 54.4 Å². The summed E-state index contributed by atoms with van der Waals surface area (Å²) in [6.45, 7) is -0.254. The molecule has 7 rings (SSSR count). The minimum absolute atomic E-state index is 0.0848. The highest BCUT2D eigenvalue weighted by Crippen LogP contribution is 2.65. The molecule has 178 valence electrons. The van der Waals surface area contributed by atoms with E-state index < -0.39 is 10.8 Å². The Kier molecular flexibility index (Phi) is 4.77. The summed E-state index contributed by atoms with van der Waals surface area (Å²) in [5.41, 5.74) is 0.458. The van der Waals surface area contributed by atoms with Crippen molar-refractivity contribution in [1.29, 1.82) is 0 Å². The molecule has 35 heavy (non-hydrogen) atoms. The Hall–Kier alpha value is -4.01. The quantitative estimate of drug-likeness (QED) is 0.276. The van der Waals surface area contributed by atoms with Gasteiger partial charge in [-0.3, -0.25) is 34.3 Å². The van der Waals surface area contributed by atoms with E-state index in [1.165, 1.54) is 41.2 Å². The topological polar surface area (TPSA) is 110 Å². The lowest BCUT2D eigenvalue weighted by molar-refractivity contribution is -0.384. The number of allylic oxidation sites excluding steroid dienone is 2. The Labute approximate surface area is 201 Å². The molecule has 1 heterocycles. The molecule has 9 heteroatoms. The lowest BCUT2D eigenvalue weighted by Gasteiger charge is -2.37. The van der Waals surface area contributed by atoms with Gasteiger partial charge in [-0.15, -0.1) is 0 Å². The number of rotatable bonds is 6. The van der Waals surface area contributed by atoms with Gasteiger partial charge in [0.1, 0.15) is 12.4 Å². The third-order valence-electron chi connectivity index (χ3n) is 7.98. The van der Waals surface area contributed by atoms with Crippen LogP contribution in [0, 0.1) is 45.6 Å². The number of nitro groups is 1. The number of methoxy groups -OCH3 is 1. The molecule has 0 N–H and O–H groups in total. The van der Waals surface area contributed by atoms with Gasteiger partial charge in [-0.2, -0.15) is 0 Å². The first-order valence-electron chi connectivity index (χ1n) is 11.6. The van der Waals surface area contributed by atoms with Crippen LogP contribution in [0.2, 0.25) is 0 Å². The molecular formula is C26H23N3O6. The van der Waals surface area contributed by atoms with Gasteiger partial charge in [0.15, 0.2) is 0 Å². The van der Waals surface area contributed by atoms with E-state index in [0.29, 0.717) is 23.3 Å². The van der Waals surface area contributed by atoms with Crippen LogP contribution in [0.5, 0.6) is 5.75 Å². The van der Waals surface area contributed by atoms with E-state index >= 15 is 0 Å². The van der Waals surface area contributed by atoms with Crippen molar-refractivity contribution in [2.45, 2.75) is 6.42 Å². The standard InChI is InChI=1S/C26H23N3O6/c1-35-21-5-3-2-4-20(21)27(24(30)14-6-8-15(9-7-14)29(33)34)13-28-25(31)22-16-10-11-17(19-12-18(16)19)23(22)26(28)32/h2-11,16-19,22-23H,12-13H2,1H3. The maximum Gasteiger partial charge on any atom is 0.269 e. The molecule has 5 aliphatic rings. The first-order chi connectivity index (χ1) is 16.9. The van der Waals surface area contributed by atoms with Crippen molar-refractivity contribution in [1.82, 2.24) is 4.90 Å². The highest BCUT2D eigenvalue weighted by atomic mass is 16.6. The molecule has 0 spiro atoms. The van der Waals surface area contributed by atoms with E-state index in [-0.39, 0.29) is 53.4 Å². The monoisotopic (exact) mass is 473 g/mol. The Morgan fingerprint density at radius 1 is 1.03 bits per heavy atom. The van der Waals surface area contributed by atoms with Gasteiger partial charge in [0.25, 0.3) is 11.6 Å². The maximum absolute atomic E-state index is 13.6. The second-order valence-electron chi connectivity index (χ2n) is 9.61. The average Bonchev–Trinajstić information content (AvgIpc) is 3.67. The number of imide groups is 1. The number of nitrogens with zero attached hydrogens (tertiary/aromatic N) is 3. The van der Waals surface area contributed by atoms with Gasteiger partial charge in [0, 0.05) is 17.7 Å². The number of ether oxygens (including phenoxy) is 1. The largest absolute Gasteiger partial charge is 0.495 e. The van der Waals surface area contributed by atoms with Crippen LogP contribution in [0.3, 0.4) is 0 Å². The number of anilines is 1. The van der Waals surface area contributed by atoms with E-state index in [4.69, 9.17) is 4.74 Å². The van der Waals surface area contributed by atoms with Crippen LogP contribution in [0.1, 0.15) is 16.8 Å². The average molecular weight is 473 g/mol. The Balaban J connectivity index is 1.35. The van der Waals surface area contributed by atoms with Crippen molar-refractivity contribution in [3.05, 3.63) is 76.4 Å². The number of amides is 3. The normalized spacial score (nSPS) is 29.6. The lowest BCUT2D eigenvalue weighted by atomic mass is 9.63. The van der Waals surface area contributed by atoms with Crippen LogP contribution < -0.4 is 9.64 Å². The van der Waals surface area contributed by atoms with Crippen molar-refractivity contribution >= 4 is 29.1 Å². The molecule has 2 aromatic rings. The predicted octanol–water partition coefficient (Wildman–Crippen LogP) is 3.26. The van der Waals surface area contributed by atoms with E-state index in [9.17, 15) is 24.5 Å². The van der Waals surface area contributed by atoms with Crippen molar-refractivity contribution in [2.75, 3.05) is 18.7 Å². The van der Waals surface area contributed by atoms with Gasteiger partial charge in [0.05, 0.1) is 29.6 Å². The van der Waals surface area contributed by atoms with Crippen LogP contribution in [0.4, 0.5) is 11.4 Å². The molecule has 2 bridgehead atoms. The van der Waals surface area contributed by atoms with Gasteiger partial charge < -0.3 is 4.74 Å². The van der Waals surface area contributed by atoms with Crippen molar-refractivity contribution in [3.8, 4) is 5.75 Å². The zero-order valence-electron chi connectivity index (χ0n) is 18.9. The molecule has 2 aromatic carbocycles. The van der Waals surface area contributed by atoms with E-state index in [1.807, 2.05) is 0 Å². The molecule has 0 radical (unpaired) electrons. The number of likely N-dealkylation sites (tertiary alicyclic amines) is 1. The van der Waals surface area contributed by atoms with Crippen LogP contribution in [-0.2, 0) is 9.59 Å². The molecule has 6 atom stereocenters. The fraction of sp³-hybridized carbons (Fsp3) is 0.346. The summed E-state index contributed by atoms with van der Waals surface area (Å²) >= 11 is 0. The second-order valence-corrected chi connectivity index (χ2v) is 9.61. The number of nitro benzene ring substituents is 1. The van der Waals surface area contributed by atoms with Gasteiger partial charge in [-0.25, -0.2) is 0 Å². The summed E-state index contributed by atoms with van der Waals surface area (Å²) in [5.74, 6) is -0.160. The highest BCUT2D eigenvalue weighted by Gasteiger charge is 2.67. The molecule has 0 aromatic heterocycles. The summed E-state index contributed by atoms with van der Waals surface area (Å²) in [6.07, 6.45) is 5.28. The number of carbonyl (C=O) groups is 3. The zero-order chi connectivity index (χ0) is 24.4. The van der Waals surface area contributed by atoms with Crippen molar-refractivity contribution in [2.24, 2.45) is 35.5 Å². The number of hydrogen-bond donors (Lipinski definition) is 0. The third kappa shape index (κ3) is 3.18.